The van der Waals surface area contributed by atoms with Crippen LogP contribution in [0.1, 0.15) is 6.92 Å². The van der Waals surface area contributed by atoms with Gasteiger partial charge in [0.2, 0.25) is 0 Å². The Morgan fingerprint density at radius 1 is 1.57 bits per heavy atom. The molecule has 2 rings (SSSR count). The fourth-order valence-electron chi connectivity index (χ4n) is 1.31. The molecule has 0 aliphatic heterocycles. The summed E-state index contributed by atoms with van der Waals surface area (Å²) in [6, 6.07) is 3.70. The highest BCUT2D eigenvalue weighted by Crippen LogP contribution is 2.41. The Labute approximate surface area is 90.7 Å². The van der Waals surface area contributed by atoms with E-state index >= 15 is 0 Å². The molecule has 1 aromatic heterocycles. The maximum atomic E-state index is 9.75. The second-order valence-corrected chi connectivity index (χ2v) is 4.13. The summed E-state index contributed by atoms with van der Waals surface area (Å²) in [5, 5.41) is 12.7. The normalized spacial score (nSPS) is 10.7. The minimum Gasteiger partial charge on any atom is -0.506 e. The van der Waals surface area contributed by atoms with Crippen LogP contribution in [-0.4, -0.2) is 11.7 Å². The van der Waals surface area contributed by atoms with Crippen LogP contribution in [-0.2, 0) is 0 Å². The van der Waals surface area contributed by atoms with E-state index in [4.69, 9.17) is 16.3 Å². The monoisotopic (exact) mass is 228 g/mol. The lowest BCUT2D eigenvalue weighted by atomic mass is 10.2. The maximum Gasteiger partial charge on any atom is 0.146 e. The van der Waals surface area contributed by atoms with Crippen LogP contribution in [0.4, 0.5) is 0 Å². The first kappa shape index (κ1) is 9.62. The van der Waals surface area contributed by atoms with Crippen molar-refractivity contribution in [3.63, 3.8) is 0 Å². The van der Waals surface area contributed by atoms with Crippen LogP contribution >= 0.6 is 22.9 Å². The molecule has 0 amide bonds. The van der Waals surface area contributed by atoms with E-state index < -0.39 is 0 Å². The molecule has 0 saturated carbocycles. The summed E-state index contributed by atoms with van der Waals surface area (Å²) in [6.07, 6.45) is 0. The van der Waals surface area contributed by atoms with E-state index in [9.17, 15) is 5.11 Å². The van der Waals surface area contributed by atoms with Gasteiger partial charge in [-0.1, -0.05) is 11.6 Å². The van der Waals surface area contributed by atoms with Gasteiger partial charge in [0.25, 0.3) is 0 Å². The molecule has 14 heavy (non-hydrogen) atoms. The van der Waals surface area contributed by atoms with Crippen LogP contribution in [0, 0.1) is 0 Å². The Kier molecular flexibility index (Phi) is 2.52. The number of hydrogen-bond acceptors (Lipinski definition) is 3. The molecule has 4 heteroatoms. The fourth-order valence-corrected chi connectivity index (χ4v) is 2.33. The highest BCUT2D eigenvalue weighted by molar-refractivity contribution is 7.17. The number of ether oxygens (including phenoxy) is 1. The summed E-state index contributed by atoms with van der Waals surface area (Å²) >= 11 is 7.49. The Morgan fingerprint density at radius 3 is 3.07 bits per heavy atom. The molecule has 1 heterocycles. The molecule has 0 unspecified atom stereocenters. The Balaban J connectivity index is 2.67. The number of phenols is 1. The third kappa shape index (κ3) is 1.42. The summed E-state index contributed by atoms with van der Waals surface area (Å²) in [6.45, 7) is 2.42. The van der Waals surface area contributed by atoms with Crippen molar-refractivity contribution in [1.82, 2.24) is 0 Å². The predicted octanol–water partition coefficient (Wildman–Crippen LogP) is 3.66. The van der Waals surface area contributed by atoms with Gasteiger partial charge < -0.3 is 9.84 Å². The molecular formula is C10H9ClO2S. The van der Waals surface area contributed by atoms with Crippen molar-refractivity contribution < 1.29 is 9.84 Å². The van der Waals surface area contributed by atoms with Gasteiger partial charge in [-0.2, -0.15) is 0 Å². The van der Waals surface area contributed by atoms with Gasteiger partial charge in [-0.3, -0.25) is 0 Å². The van der Waals surface area contributed by atoms with Gasteiger partial charge in [-0.05, 0) is 24.4 Å². The molecule has 0 saturated heterocycles. The lowest BCUT2D eigenvalue weighted by Crippen LogP contribution is -1.91. The quantitative estimate of drug-likeness (QED) is 0.850. The van der Waals surface area contributed by atoms with Crippen LogP contribution in [0.25, 0.3) is 10.1 Å². The first-order chi connectivity index (χ1) is 6.74. The Hall–Kier alpha value is -0.930. The largest absolute Gasteiger partial charge is 0.506 e. The van der Waals surface area contributed by atoms with Gasteiger partial charge >= 0.3 is 0 Å². The maximum absolute atomic E-state index is 9.75. The van der Waals surface area contributed by atoms with Gasteiger partial charge in [0, 0.05) is 10.1 Å². The molecule has 0 bridgehead atoms. The summed E-state index contributed by atoms with van der Waals surface area (Å²) in [5.41, 5.74) is 0. The minimum atomic E-state index is 0.105. The average molecular weight is 229 g/mol. The number of rotatable bonds is 2. The third-order valence-corrected chi connectivity index (χ3v) is 3.17. The van der Waals surface area contributed by atoms with Gasteiger partial charge in [0.1, 0.15) is 16.5 Å². The zero-order valence-electron chi connectivity index (χ0n) is 7.58. The molecule has 74 valence electrons. The fraction of sp³-hybridized carbons (Fsp3) is 0.200. The highest BCUT2D eigenvalue weighted by Gasteiger charge is 2.12. The van der Waals surface area contributed by atoms with Crippen molar-refractivity contribution in [2.24, 2.45) is 0 Å². The number of benzene rings is 1. The molecule has 2 aromatic rings. The molecule has 1 N–H and O–H groups in total. The second kappa shape index (κ2) is 3.67. The zero-order valence-corrected chi connectivity index (χ0v) is 9.15. The smallest absolute Gasteiger partial charge is 0.146 e. The summed E-state index contributed by atoms with van der Waals surface area (Å²) in [5.74, 6) is 0.649. The summed E-state index contributed by atoms with van der Waals surface area (Å²) in [4.78, 5) is 0. The van der Waals surface area contributed by atoms with Crippen molar-refractivity contribution in [2.75, 3.05) is 6.61 Å². The van der Waals surface area contributed by atoms with Gasteiger partial charge in [0.15, 0.2) is 0 Å². The molecular weight excluding hydrogens is 220 g/mol. The standard InChI is InChI=1S/C10H9ClO2S/c1-2-13-7-5-8-6(3-4-14-8)10(12)9(7)11/h3-5,12H,2H2,1H3. The number of fused-ring (bicyclic) bond motifs is 1. The molecule has 0 radical (unpaired) electrons. The number of phenolic OH excluding ortho intramolecular Hbond substituents is 1. The third-order valence-electron chi connectivity index (χ3n) is 1.94. The van der Waals surface area contributed by atoms with Crippen molar-refractivity contribution in [3.05, 3.63) is 22.5 Å². The highest BCUT2D eigenvalue weighted by atomic mass is 35.5. The van der Waals surface area contributed by atoms with Crippen molar-refractivity contribution in [2.45, 2.75) is 6.92 Å². The van der Waals surface area contributed by atoms with E-state index in [0.717, 1.165) is 10.1 Å². The zero-order chi connectivity index (χ0) is 10.1. The molecule has 0 fully saturated rings. The predicted molar refractivity (Wildman–Crippen MR) is 59.7 cm³/mol. The van der Waals surface area contributed by atoms with Gasteiger partial charge in [0.05, 0.1) is 6.61 Å². The minimum absolute atomic E-state index is 0.105. The van der Waals surface area contributed by atoms with Crippen LogP contribution in [0.15, 0.2) is 17.5 Å². The lowest BCUT2D eigenvalue weighted by Gasteiger charge is -2.07. The molecule has 0 spiro atoms. The molecule has 0 atom stereocenters. The first-order valence-corrected chi connectivity index (χ1v) is 5.51. The lowest BCUT2D eigenvalue weighted by molar-refractivity contribution is 0.339. The Bertz CT molecular complexity index is 464. The summed E-state index contributed by atoms with van der Waals surface area (Å²) in [7, 11) is 0. The molecule has 2 nitrogen and oxygen atoms in total. The number of aromatic hydroxyl groups is 1. The van der Waals surface area contributed by atoms with Gasteiger partial charge in [-0.15, -0.1) is 11.3 Å². The summed E-state index contributed by atoms with van der Waals surface area (Å²) < 4.78 is 6.29. The SMILES string of the molecule is CCOc1cc2sccc2c(O)c1Cl. The van der Waals surface area contributed by atoms with Crippen LogP contribution in [0.3, 0.4) is 0 Å². The van der Waals surface area contributed by atoms with Crippen LogP contribution < -0.4 is 4.74 Å². The first-order valence-electron chi connectivity index (χ1n) is 4.25. The van der Waals surface area contributed by atoms with Crippen molar-refractivity contribution in [1.29, 1.82) is 0 Å². The topological polar surface area (TPSA) is 29.5 Å². The van der Waals surface area contributed by atoms with E-state index in [1.165, 1.54) is 0 Å². The van der Waals surface area contributed by atoms with Crippen LogP contribution in [0.5, 0.6) is 11.5 Å². The van der Waals surface area contributed by atoms with Crippen molar-refractivity contribution in [3.8, 4) is 11.5 Å². The molecule has 0 aliphatic rings. The van der Waals surface area contributed by atoms with E-state index in [0.29, 0.717) is 12.4 Å². The van der Waals surface area contributed by atoms with E-state index in [1.54, 1.807) is 11.3 Å². The van der Waals surface area contributed by atoms with E-state index in [1.807, 2.05) is 24.4 Å². The average Bonchev–Trinajstić information content (AvgIpc) is 2.62. The Morgan fingerprint density at radius 2 is 2.36 bits per heavy atom. The number of hydrogen-bond donors (Lipinski definition) is 1. The number of thiophene rings is 1. The number of halogens is 1. The van der Waals surface area contributed by atoms with Gasteiger partial charge in [-0.25, -0.2) is 0 Å². The molecule has 0 aliphatic carbocycles. The van der Waals surface area contributed by atoms with E-state index in [-0.39, 0.29) is 10.8 Å². The second-order valence-electron chi connectivity index (χ2n) is 2.80. The van der Waals surface area contributed by atoms with Crippen LogP contribution in [0.2, 0.25) is 5.02 Å². The van der Waals surface area contributed by atoms with E-state index in [2.05, 4.69) is 0 Å². The van der Waals surface area contributed by atoms with Crippen molar-refractivity contribution >= 4 is 33.0 Å². The molecule has 1 aromatic carbocycles.